The summed E-state index contributed by atoms with van der Waals surface area (Å²) in [5, 5.41) is 0. The monoisotopic (exact) mass is 432 g/mol. The number of hydrogen-bond acceptors (Lipinski definition) is 0. The Morgan fingerprint density at radius 3 is 1.52 bits per heavy atom. The Balaban J connectivity index is 2.01. The third-order valence-electron chi connectivity index (χ3n) is 6.65. The van der Waals surface area contributed by atoms with Crippen LogP contribution < -0.4 is 0 Å². The van der Waals surface area contributed by atoms with Gasteiger partial charge >= 0.3 is 172 Å². The summed E-state index contributed by atoms with van der Waals surface area (Å²) >= 11 is -4.23. The summed E-state index contributed by atoms with van der Waals surface area (Å²) in [5.41, 5.74) is 10.4. The van der Waals surface area contributed by atoms with Gasteiger partial charge in [-0.1, -0.05) is 0 Å². The molecule has 4 rings (SSSR count). The van der Waals surface area contributed by atoms with Crippen LogP contribution in [0, 0.1) is 13.8 Å². The Morgan fingerprint density at radius 1 is 0.741 bits per heavy atom. The fourth-order valence-corrected chi connectivity index (χ4v) is 17.3. The number of hydrogen-bond donors (Lipinski definition) is 0. The van der Waals surface area contributed by atoms with Crippen LogP contribution >= 0.6 is 18.6 Å². The Bertz CT molecular complexity index is 1020. The van der Waals surface area contributed by atoms with Crippen LogP contribution in [0.1, 0.15) is 62.6 Å². The van der Waals surface area contributed by atoms with Gasteiger partial charge in [0.05, 0.1) is 0 Å². The summed E-state index contributed by atoms with van der Waals surface area (Å²) in [5.74, 6) is 0. The molecule has 0 heterocycles. The number of halogens is 2. The van der Waals surface area contributed by atoms with Crippen molar-refractivity contribution < 1.29 is 12.7 Å². The van der Waals surface area contributed by atoms with Gasteiger partial charge in [-0.05, 0) is 0 Å². The van der Waals surface area contributed by atoms with E-state index in [1.54, 1.807) is 0 Å². The Morgan fingerprint density at radius 2 is 1.15 bits per heavy atom. The molecule has 0 saturated carbocycles. The molecule has 0 aliphatic heterocycles. The zero-order valence-electron chi connectivity index (χ0n) is 16.6. The molecule has 2 aromatic rings. The summed E-state index contributed by atoms with van der Waals surface area (Å²) < 4.78 is 2.41. The van der Waals surface area contributed by atoms with E-state index >= 15 is 0 Å². The van der Waals surface area contributed by atoms with Crippen LogP contribution in [0.3, 0.4) is 0 Å². The van der Waals surface area contributed by atoms with Gasteiger partial charge in [0, 0.05) is 0 Å². The fraction of sp³-hybridized carbons (Fsp3) is 0.292. The first-order chi connectivity index (χ1) is 12.7. The first-order valence-corrected chi connectivity index (χ1v) is 16.6. The number of fused-ring (bicyclic) bond motifs is 2. The second-order valence-electron chi connectivity index (χ2n) is 8.31. The van der Waals surface area contributed by atoms with E-state index in [-0.39, 0.29) is 8.45 Å². The van der Waals surface area contributed by atoms with Crippen molar-refractivity contribution in [3.63, 3.8) is 0 Å². The average Bonchev–Trinajstić information content (AvgIpc) is 3.14. The molecule has 0 saturated heterocycles. The molecule has 0 nitrogen and oxygen atoms in total. The third-order valence-corrected chi connectivity index (χ3v) is 19.6. The molecule has 0 radical (unpaired) electrons. The molecule has 0 fully saturated rings. The van der Waals surface area contributed by atoms with Gasteiger partial charge in [-0.2, -0.15) is 0 Å². The Labute approximate surface area is 171 Å². The zero-order chi connectivity index (χ0) is 19.6. The quantitative estimate of drug-likeness (QED) is 0.425. The molecule has 2 aliphatic carbocycles. The predicted octanol–water partition coefficient (Wildman–Crippen LogP) is 7.74. The summed E-state index contributed by atoms with van der Waals surface area (Å²) in [6.45, 7) is 10.8. The molecule has 140 valence electrons. The van der Waals surface area contributed by atoms with Gasteiger partial charge in [0.15, 0.2) is 0 Å². The van der Waals surface area contributed by atoms with Crippen LogP contribution in [0.2, 0.25) is 0 Å². The van der Waals surface area contributed by atoms with Crippen LogP contribution in [0.25, 0.3) is 12.2 Å². The van der Waals surface area contributed by atoms with Crippen molar-refractivity contribution in [3.8, 4) is 0 Å². The van der Waals surface area contributed by atoms with Gasteiger partial charge in [-0.25, -0.2) is 0 Å². The molecule has 27 heavy (non-hydrogen) atoms. The zero-order valence-corrected chi connectivity index (χ0v) is 19.7. The van der Waals surface area contributed by atoms with Crippen molar-refractivity contribution in [1.29, 1.82) is 0 Å². The molecule has 2 aliphatic rings. The van der Waals surface area contributed by atoms with Crippen LogP contribution in [0.4, 0.5) is 0 Å². The van der Waals surface area contributed by atoms with Crippen LogP contribution in [-0.2, 0) is 12.7 Å². The summed E-state index contributed by atoms with van der Waals surface area (Å²) in [6.07, 6.45) is 4.61. The number of rotatable bonds is 2. The first-order valence-electron chi connectivity index (χ1n) is 9.62. The number of aryl methyl sites for hydroxylation is 2. The van der Waals surface area contributed by atoms with Gasteiger partial charge in [-0.15, -0.1) is 0 Å². The van der Waals surface area contributed by atoms with Crippen molar-refractivity contribution in [2.75, 3.05) is 0 Å². The second kappa shape index (κ2) is 6.29. The molecular weight excluding hydrogens is 407 g/mol. The van der Waals surface area contributed by atoms with Gasteiger partial charge in [0.25, 0.3) is 0 Å². The molecule has 0 N–H and O–H groups in total. The van der Waals surface area contributed by atoms with Crippen LogP contribution in [0.5, 0.6) is 0 Å². The van der Waals surface area contributed by atoms with Crippen molar-refractivity contribution >= 4 is 35.1 Å². The summed E-state index contributed by atoms with van der Waals surface area (Å²) in [4.78, 5) is 0. The molecule has 3 heteroatoms. The van der Waals surface area contributed by atoms with Crippen LogP contribution in [0.15, 0.2) is 47.5 Å². The Kier molecular flexibility index (Phi) is 4.52. The van der Waals surface area contributed by atoms with Gasteiger partial charge < -0.3 is 0 Å². The van der Waals surface area contributed by atoms with Crippen molar-refractivity contribution in [3.05, 3.63) is 80.9 Å². The van der Waals surface area contributed by atoms with Crippen molar-refractivity contribution in [2.45, 2.75) is 43.1 Å². The molecular formula is C24H26Cl2Ti. The number of allylic oxidation sites excluding steroid dienone is 2. The summed E-state index contributed by atoms with van der Waals surface area (Å²) in [7, 11) is 15.5. The normalized spacial score (nSPS) is 21.5. The number of benzene rings is 2. The minimum atomic E-state index is -4.23. The average molecular weight is 433 g/mol. The second-order valence-corrected chi connectivity index (χ2v) is 22.6. The van der Waals surface area contributed by atoms with E-state index in [4.69, 9.17) is 18.6 Å². The van der Waals surface area contributed by atoms with Gasteiger partial charge in [0.2, 0.25) is 0 Å². The summed E-state index contributed by atoms with van der Waals surface area (Å²) in [6, 6.07) is 13.1. The van der Waals surface area contributed by atoms with Gasteiger partial charge in [-0.3, -0.25) is 0 Å². The van der Waals surface area contributed by atoms with E-state index < -0.39 is 12.7 Å². The fourth-order valence-electron chi connectivity index (χ4n) is 5.38. The van der Waals surface area contributed by atoms with E-state index in [1.165, 1.54) is 44.5 Å². The molecule has 0 bridgehead atoms. The van der Waals surface area contributed by atoms with Gasteiger partial charge in [0.1, 0.15) is 0 Å². The molecule has 2 atom stereocenters. The van der Waals surface area contributed by atoms with Crippen molar-refractivity contribution in [2.24, 2.45) is 0 Å². The SMILES string of the molecule is C[CH]=[Ti]([Cl])([Cl])([CH]1C(C)=Cc2c(C)cccc21)[CH]1C(C)=Cc2c(C)cccc21. The van der Waals surface area contributed by atoms with E-state index in [2.05, 4.69) is 87.5 Å². The molecule has 0 aromatic heterocycles. The van der Waals surface area contributed by atoms with Crippen molar-refractivity contribution in [1.82, 2.24) is 0 Å². The molecule has 0 spiro atoms. The molecule has 0 amide bonds. The first kappa shape index (κ1) is 19.4. The van der Waals surface area contributed by atoms with E-state index in [0.29, 0.717) is 0 Å². The van der Waals surface area contributed by atoms with E-state index in [9.17, 15) is 0 Å². The maximum atomic E-state index is 7.76. The van der Waals surface area contributed by atoms with E-state index in [0.717, 1.165) is 0 Å². The van der Waals surface area contributed by atoms with Crippen LogP contribution in [-0.4, -0.2) is 4.31 Å². The molecule has 2 unspecified atom stereocenters. The minimum absolute atomic E-state index is 0.102. The van der Waals surface area contributed by atoms with E-state index in [1.807, 2.05) is 0 Å². The Hall–Kier alpha value is -0.916. The maximum absolute atomic E-state index is 7.76. The topological polar surface area (TPSA) is 0 Å². The molecule has 2 aromatic carbocycles. The standard InChI is InChI=1S/2C11H11.C2H4.2ClH.Ti/c2*1-8-6-10-5-3-4-9(2)11(10)7-8;1-2;;;/h2*3-7H,1-2H3;1H,2H3;2*1H;/q;;;;;+2/p-2. The third kappa shape index (κ3) is 2.65. The predicted molar refractivity (Wildman–Crippen MR) is 119 cm³/mol.